The fourth-order valence-electron chi connectivity index (χ4n) is 1.41. The molecule has 0 radical (unpaired) electrons. The molecule has 0 aromatic carbocycles. The van der Waals surface area contributed by atoms with Gasteiger partial charge in [0.05, 0.1) is 0 Å². The van der Waals surface area contributed by atoms with Crippen LogP contribution in [-0.2, 0) is 4.79 Å². The molecule has 0 amide bonds. The van der Waals surface area contributed by atoms with Crippen molar-refractivity contribution in [3.05, 3.63) is 0 Å². The van der Waals surface area contributed by atoms with Crippen molar-refractivity contribution in [3.63, 3.8) is 0 Å². The fraction of sp³-hybridized carbons (Fsp3) is 0.700. The Morgan fingerprint density at radius 3 is 2.47 bits per heavy atom. The summed E-state index contributed by atoms with van der Waals surface area (Å²) in [5.74, 6) is -0.980. The average molecular weight is 273 g/mol. The topological polar surface area (TPSA) is 176 Å². The SMILES string of the molecule is N=C(N)NCCC[C@H](NCCCN=C(N)N)C(=O)O. The zero-order valence-electron chi connectivity index (χ0n) is 10.9. The van der Waals surface area contributed by atoms with Crippen LogP contribution in [0, 0.1) is 5.41 Å². The smallest absolute Gasteiger partial charge is 0.320 e. The molecule has 0 aromatic rings. The van der Waals surface area contributed by atoms with E-state index in [0.29, 0.717) is 38.9 Å². The Morgan fingerprint density at radius 2 is 1.95 bits per heavy atom. The molecule has 1 atom stereocenters. The van der Waals surface area contributed by atoms with E-state index < -0.39 is 12.0 Å². The summed E-state index contributed by atoms with van der Waals surface area (Å²) in [6.45, 7) is 1.47. The summed E-state index contributed by atoms with van der Waals surface area (Å²) >= 11 is 0. The Hall–Kier alpha value is -2.03. The standard InChI is InChI=1S/C10H23N7O2/c11-9(12)16-4-1-3-7(8(18)19)15-5-2-6-17-10(13)14/h7,15H,1-6H2,(H,18,19)(H4,11,12,16)(H4,13,14,17)/t7-/m0/s1. The molecular weight excluding hydrogens is 250 g/mol. The highest BCUT2D eigenvalue weighted by atomic mass is 16.4. The number of hydrogen-bond acceptors (Lipinski definition) is 4. The van der Waals surface area contributed by atoms with Crippen molar-refractivity contribution in [1.82, 2.24) is 10.6 Å². The van der Waals surface area contributed by atoms with Gasteiger partial charge in [0.25, 0.3) is 0 Å². The van der Waals surface area contributed by atoms with Crippen molar-refractivity contribution < 1.29 is 9.90 Å². The van der Waals surface area contributed by atoms with E-state index >= 15 is 0 Å². The van der Waals surface area contributed by atoms with Crippen LogP contribution in [0.2, 0.25) is 0 Å². The number of nitrogens with one attached hydrogen (secondary N) is 3. The maximum atomic E-state index is 11.0. The molecule has 0 aliphatic carbocycles. The lowest BCUT2D eigenvalue weighted by Crippen LogP contribution is -2.38. The predicted molar refractivity (Wildman–Crippen MR) is 73.9 cm³/mol. The highest BCUT2D eigenvalue weighted by Crippen LogP contribution is 1.97. The van der Waals surface area contributed by atoms with E-state index in [9.17, 15) is 4.79 Å². The summed E-state index contributed by atoms with van der Waals surface area (Å²) in [4.78, 5) is 14.8. The number of carbonyl (C=O) groups is 1. The van der Waals surface area contributed by atoms with Crippen LogP contribution in [0.5, 0.6) is 0 Å². The molecule has 0 spiro atoms. The maximum absolute atomic E-state index is 11.0. The van der Waals surface area contributed by atoms with E-state index in [1.807, 2.05) is 0 Å². The molecule has 110 valence electrons. The first-order chi connectivity index (χ1) is 8.93. The monoisotopic (exact) mass is 273 g/mol. The van der Waals surface area contributed by atoms with E-state index in [0.717, 1.165) is 0 Å². The van der Waals surface area contributed by atoms with Crippen LogP contribution in [0.25, 0.3) is 0 Å². The van der Waals surface area contributed by atoms with E-state index in [2.05, 4.69) is 15.6 Å². The first-order valence-electron chi connectivity index (χ1n) is 6.03. The van der Waals surface area contributed by atoms with Gasteiger partial charge in [-0.05, 0) is 25.8 Å². The zero-order chi connectivity index (χ0) is 14.7. The van der Waals surface area contributed by atoms with Crippen LogP contribution in [-0.4, -0.2) is 48.7 Å². The molecular formula is C10H23N7O2. The van der Waals surface area contributed by atoms with Gasteiger partial charge in [-0.1, -0.05) is 0 Å². The first-order valence-corrected chi connectivity index (χ1v) is 6.03. The van der Waals surface area contributed by atoms with Crippen molar-refractivity contribution in [1.29, 1.82) is 5.41 Å². The number of hydrogen-bond donors (Lipinski definition) is 7. The quantitative estimate of drug-likeness (QED) is 0.136. The highest BCUT2D eigenvalue weighted by Gasteiger charge is 2.15. The summed E-state index contributed by atoms with van der Waals surface area (Å²) in [5.41, 5.74) is 15.4. The molecule has 0 heterocycles. The van der Waals surface area contributed by atoms with E-state index in [4.69, 9.17) is 27.7 Å². The first kappa shape index (κ1) is 17.0. The molecule has 0 saturated heterocycles. The second-order valence-corrected chi connectivity index (χ2v) is 3.99. The number of rotatable bonds is 10. The van der Waals surface area contributed by atoms with E-state index in [-0.39, 0.29) is 11.9 Å². The van der Waals surface area contributed by atoms with Gasteiger partial charge in [-0.3, -0.25) is 15.2 Å². The molecule has 0 fully saturated rings. The van der Waals surface area contributed by atoms with Crippen LogP contribution in [0.15, 0.2) is 4.99 Å². The van der Waals surface area contributed by atoms with Gasteiger partial charge in [0.2, 0.25) is 0 Å². The van der Waals surface area contributed by atoms with Gasteiger partial charge in [-0.2, -0.15) is 0 Å². The summed E-state index contributed by atoms with van der Waals surface area (Å²) in [7, 11) is 0. The molecule has 0 saturated carbocycles. The van der Waals surface area contributed by atoms with Crippen molar-refractivity contribution >= 4 is 17.9 Å². The Labute approximate surface area is 112 Å². The molecule has 0 bridgehead atoms. The van der Waals surface area contributed by atoms with Crippen molar-refractivity contribution in [2.75, 3.05) is 19.6 Å². The molecule has 0 aliphatic rings. The van der Waals surface area contributed by atoms with Crippen molar-refractivity contribution in [3.8, 4) is 0 Å². The lowest BCUT2D eigenvalue weighted by Gasteiger charge is -2.14. The highest BCUT2D eigenvalue weighted by molar-refractivity contribution is 5.75. The van der Waals surface area contributed by atoms with Gasteiger partial charge in [-0.25, -0.2) is 0 Å². The minimum Gasteiger partial charge on any atom is -0.480 e. The molecule has 9 nitrogen and oxygen atoms in total. The minimum atomic E-state index is -0.898. The van der Waals surface area contributed by atoms with Crippen LogP contribution in [0.3, 0.4) is 0 Å². The van der Waals surface area contributed by atoms with Crippen LogP contribution in [0.4, 0.5) is 0 Å². The molecule has 0 rings (SSSR count). The average Bonchev–Trinajstić information content (AvgIpc) is 2.30. The number of nitrogens with two attached hydrogens (primary N) is 3. The second-order valence-electron chi connectivity index (χ2n) is 3.99. The Kier molecular flexibility index (Phi) is 8.88. The van der Waals surface area contributed by atoms with Gasteiger partial charge < -0.3 is 32.9 Å². The molecule has 0 aromatic heterocycles. The van der Waals surface area contributed by atoms with Crippen LogP contribution < -0.4 is 27.8 Å². The number of nitrogens with zero attached hydrogens (tertiary/aromatic N) is 1. The zero-order valence-corrected chi connectivity index (χ0v) is 10.9. The van der Waals surface area contributed by atoms with Crippen LogP contribution >= 0.6 is 0 Å². The lowest BCUT2D eigenvalue weighted by molar-refractivity contribution is -0.139. The second kappa shape index (κ2) is 9.95. The largest absolute Gasteiger partial charge is 0.480 e. The Bertz CT molecular complexity index is 315. The van der Waals surface area contributed by atoms with E-state index in [1.165, 1.54) is 0 Å². The van der Waals surface area contributed by atoms with Gasteiger partial charge in [-0.15, -0.1) is 0 Å². The Balaban J connectivity index is 3.77. The predicted octanol–water partition coefficient (Wildman–Crippen LogP) is -2.04. The van der Waals surface area contributed by atoms with Gasteiger partial charge >= 0.3 is 5.97 Å². The van der Waals surface area contributed by atoms with Gasteiger partial charge in [0, 0.05) is 13.1 Å². The van der Waals surface area contributed by atoms with Crippen LogP contribution in [0.1, 0.15) is 19.3 Å². The fourth-order valence-corrected chi connectivity index (χ4v) is 1.41. The Morgan fingerprint density at radius 1 is 1.26 bits per heavy atom. The molecule has 19 heavy (non-hydrogen) atoms. The molecule has 0 aliphatic heterocycles. The summed E-state index contributed by atoms with van der Waals surface area (Å²) in [6.07, 6.45) is 1.72. The summed E-state index contributed by atoms with van der Waals surface area (Å²) < 4.78 is 0. The third-order valence-corrected chi connectivity index (χ3v) is 2.30. The molecule has 10 N–H and O–H groups in total. The minimum absolute atomic E-state index is 0.0325. The number of carboxylic acids is 1. The normalized spacial score (nSPS) is 11.6. The number of aliphatic imine (C=N–C) groups is 1. The number of guanidine groups is 2. The van der Waals surface area contributed by atoms with Gasteiger partial charge in [0.1, 0.15) is 6.04 Å². The molecule has 0 unspecified atom stereocenters. The van der Waals surface area contributed by atoms with Gasteiger partial charge in [0.15, 0.2) is 11.9 Å². The van der Waals surface area contributed by atoms with Crippen molar-refractivity contribution in [2.24, 2.45) is 22.2 Å². The van der Waals surface area contributed by atoms with Crippen molar-refractivity contribution in [2.45, 2.75) is 25.3 Å². The molecule has 9 heteroatoms. The third-order valence-electron chi connectivity index (χ3n) is 2.30. The summed E-state index contributed by atoms with van der Waals surface area (Å²) in [6, 6.07) is -0.618. The maximum Gasteiger partial charge on any atom is 0.320 e. The third kappa shape index (κ3) is 10.8. The number of aliphatic carboxylic acids is 1. The number of carboxylic acid groups (broad SMARTS) is 1. The van der Waals surface area contributed by atoms with E-state index in [1.54, 1.807) is 0 Å². The summed E-state index contributed by atoms with van der Waals surface area (Å²) in [5, 5.41) is 21.5. The lowest BCUT2D eigenvalue weighted by atomic mass is 10.1.